The summed E-state index contributed by atoms with van der Waals surface area (Å²) >= 11 is 0. The second-order valence-corrected chi connectivity index (χ2v) is 8.52. The van der Waals surface area contributed by atoms with Gasteiger partial charge >= 0.3 is 0 Å². The summed E-state index contributed by atoms with van der Waals surface area (Å²) in [5.41, 5.74) is 12.8. The maximum absolute atomic E-state index is 5.19. The van der Waals surface area contributed by atoms with Crippen molar-refractivity contribution in [1.82, 2.24) is 19.4 Å². The molecule has 0 unspecified atom stereocenters. The van der Waals surface area contributed by atoms with E-state index in [0.29, 0.717) is 0 Å². The van der Waals surface area contributed by atoms with E-state index >= 15 is 0 Å². The molecule has 0 saturated heterocycles. The summed E-state index contributed by atoms with van der Waals surface area (Å²) in [6.07, 6.45) is 9.53. The predicted molar refractivity (Wildman–Crippen MR) is 122 cm³/mol. The van der Waals surface area contributed by atoms with Crippen LogP contribution in [0.4, 0.5) is 0 Å². The molecule has 4 aromatic heterocycles. The molecule has 31 heavy (non-hydrogen) atoms. The molecule has 0 fully saturated rings. The van der Waals surface area contributed by atoms with Gasteiger partial charge in [-0.1, -0.05) is 36.4 Å². The van der Waals surface area contributed by atoms with Crippen LogP contribution in [0.15, 0.2) is 73.3 Å². The Morgan fingerprint density at radius 2 is 1.58 bits per heavy atom. The molecule has 4 heteroatoms. The maximum Gasteiger partial charge on any atom is 0.147 e. The fourth-order valence-corrected chi connectivity index (χ4v) is 5.75. The van der Waals surface area contributed by atoms with E-state index in [2.05, 4.69) is 62.9 Å². The first-order valence-electron chi connectivity index (χ1n) is 10.6. The average molecular weight is 396 g/mol. The van der Waals surface area contributed by atoms with Crippen molar-refractivity contribution in [2.75, 3.05) is 0 Å². The Morgan fingerprint density at radius 3 is 2.55 bits per heavy atom. The zero-order chi connectivity index (χ0) is 20.1. The highest BCUT2D eigenvalue weighted by atomic mass is 15.0. The third-order valence-corrected chi connectivity index (χ3v) is 7.03. The minimum absolute atomic E-state index is 0.888. The van der Waals surface area contributed by atoms with Crippen molar-refractivity contribution in [2.45, 2.75) is 12.8 Å². The van der Waals surface area contributed by atoms with Gasteiger partial charge in [-0.15, -0.1) is 0 Å². The van der Waals surface area contributed by atoms with Gasteiger partial charge in [-0.25, -0.2) is 4.98 Å². The fourth-order valence-electron chi connectivity index (χ4n) is 5.75. The lowest BCUT2D eigenvalue weighted by Crippen LogP contribution is -1.98. The Balaban J connectivity index is 1.50. The third kappa shape index (κ3) is 1.84. The number of rotatable bonds is 0. The van der Waals surface area contributed by atoms with Gasteiger partial charge in [0.25, 0.3) is 0 Å². The molecule has 6 aromatic rings. The van der Waals surface area contributed by atoms with Gasteiger partial charge in [-0.3, -0.25) is 14.4 Å². The lowest BCUT2D eigenvalue weighted by Gasteiger charge is -2.11. The lowest BCUT2D eigenvalue weighted by atomic mass is 9.96. The number of benzene rings is 2. The predicted octanol–water partition coefficient (Wildman–Crippen LogP) is 5.57. The minimum atomic E-state index is 0.888. The molecule has 0 spiro atoms. The number of imidazole rings is 1. The highest BCUT2D eigenvalue weighted by Gasteiger charge is 2.32. The van der Waals surface area contributed by atoms with Crippen molar-refractivity contribution in [3.8, 4) is 22.4 Å². The van der Waals surface area contributed by atoms with E-state index < -0.39 is 0 Å². The molecule has 2 aliphatic carbocycles. The maximum atomic E-state index is 5.19. The Bertz CT molecular complexity index is 1740. The van der Waals surface area contributed by atoms with Crippen LogP contribution in [0.3, 0.4) is 0 Å². The van der Waals surface area contributed by atoms with Crippen molar-refractivity contribution in [1.29, 1.82) is 0 Å². The zero-order valence-corrected chi connectivity index (χ0v) is 16.6. The van der Waals surface area contributed by atoms with Gasteiger partial charge in [0.15, 0.2) is 0 Å². The van der Waals surface area contributed by atoms with Crippen molar-refractivity contribution in [2.24, 2.45) is 0 Å². The van der Waals surface area contributed by atoms with Gasteiger partial charge in [-0.05, 0) is 51.8 Å². The molecule has 0 amide bonds. The number of aromatic nitrogens is 4. The Kier molecular flexibility index (Phi) is 2.72. The summed E-state index contributed by atoms with van der Waals surface area (Å²) in [7, 11) is 0. The normalized spacial score (nSPS) is 13.5. The van der Waals surface area contributed by atoms with Crippen molar-refractivity contribution in [3.63, 3.8) is 0 Å². The molecular weight excluding hydrogens is 380 g/mol. The van der Waals surface area contributed by atoms with Crippen LogP contribution in [0.1, 0.15) is 22.4 Å². The van der Waals surface area contributed by atoms with Gasteiger partial charge in [0.1, 0.15) is 5.65 Å². The van der Waals surface area contributed by atoms with E-state index in [-0.39, 0.29) is 0 Å². The summed E-state index contributed by atoms with van der Waals surface area (Å²) in [6, 6.07) is 17.6. The van der Waals surface area contributed by atoms with Crippen LogP contribution in [0.5, 0.6) is 0 Å². The molecule has 144 valence electrons. The number of fused-ring (bicyclic) bond motifs is 14. The molecule has 4 heterocycles. The average Bonchev–Trinajstić information content (AvgIpc) is 3.48. The Morgan fingerprint density at radius 1 is 0.710 bits per heavy atom. The Hall–Kier alpha value is -4.05. The number of nitrogens with zero attached hydrogens (tertiary/aromatic N) is 4. The van der Waals surface area contributed by atoms with Crippen molar-refractivity contribution >= 4 is 27.3 Å². The number of pyridine rings is 3. The van der Waals surface area contributed by atoms with E-state index in [9.17, 15) is 0 Å². The topological polar surface area (TPSA) is 43.1 Å². The summed E-state index contributed by atoms with van der Waals surface area (Å²) < 4.78 is 2.31. The number of hydrogen-bond donors (Lipinski definition) is 0. The van der Waals surface area contributed by atoms with Crippen LogP contribution >= 0.6 is 0 Å². The third-order valence-electron chi connectivity index (χ3n) is 7.03. The number of hydrogen-bond acceptors (Lipinski definition) is 3. The summed E-state index contributed by atoms with van der Waals surface area (Å²) in [5, 5.41) is 3.45. The van der Waals surface area contributed by atoms with Crippen molar-refractivity contribution in [3.05, 3.63) is 95.7 Å². The molecule has 2 aliphatic rings. The molecule has 0 N–H and O–H groups in total. The van der Waals surface area contributed by atoms with Crippen LogP contribution in [-0.2, 0) is 12.8 Å². The summed E-state index contributed by atoms with van der Waals surface area (Å²) in [6.45, 7) is 0. The molecule has 0 atom stereocenters. The molecular formula is C27H16N4. The van der Waals surface area contributed by atoms with E-state index in [1.165, 1.54) is 49.8 Å². The molecule has 0 bridgehead atoms. The van der Waals surface area contributed by atoms with Gasteiger partial charge in [-0.2, -0.15) is 0 Å². The van der Waals surface area contributed by atoms with Crippen LogP contribution in [-0.4, -0.2) is 19.4 Å². The Labute approximate surface area is 177 Å². The largest absolute Gasteiger partial charge is 0.294 e. The van der Waals surface area contributed by atoms with E-state index in [0.717, 1.165) is 35.1 Å². The summed E-state index contributed by atoms with van der Waals surface area (Å²) in [4.78, 5) is 14.0. The summed E-state index contributed by atoms with van der Waals surface area (Å²) in [5.74, 6) is 0. The lowest BCUT2D eigenvalue weighted by molar-refractivity contribution is 1.09. The smallest absolute Gasteiger partial charge is 0.147 e. The van der Waals surface area contributed by atoms with Crippen LogP contribution < -0.4 is 0 Å². The second-order valence-electron chi connectivity index (χ2n) is 8.52. The van der Waals surface area contributed by atoms with Crippen molar-refractivity contribution < 1.29 is 0 Å². The van der Waals surface area contributed by atoms with E-state index in [4.69, 9.17) is 4.98 Å². The van der Waals surface area contributed by atoms with E-state index in [1.807, 2.05) is 24.8 Å². The first-order chi connectivity index (χ1) is 15.4. The zero-order valence-electron chi connectivity index (χ0n) is 16.6. The SMILES string of the molecule is c1ccc2c(c1)Cc1ccc3c(c1-2)Cc1c-3nc2c3cnccc3c3ccncc3n12. The first kappa shape index (κ1) is 15.7. The standard InChI is InChI=1S/C27H16N4/c1-2-4-17-15(3-1)11-16-5-6-20-21(25(16)17)12-23-26(20)30-27-22-13-28-9-7-18(22)19-8-10-29-14-24(19)31(23)27/h1-10,13-14H,11-12H2. The van der Waals surface area contributed by atoms with E-state index in [1.54, 1.807) is 0 Å². The molecule has 2 aromatic carbocycles. The van der Waals surface area contributed by atoms with Crippen LogP contribution in [0.25, 0.3) is 49.7 Å². The monoisotopic (exact) mass is 396 g/mol. The minimum Gasteiger partial charge on any atom is -0.294 e. The van der Waals surface area contributed by atoms with Crippen LogP contribution in [0, 0.1) is 0 Å². The van der Waals surface area contributed by atoms with Gasteiger partial charge < -0.3 is 0 Å². The molecule has 0 aliphatic heterocycles. The molecule has 0 saturated carbocycles. The highest BCUT2D eigenvalue weighted by Crippen LogP contribution is 2.48. The fraction of sp³-hybridized carbons (Fsp3) is 0.0741. The quantitative estimate of drug-likeness (QED) is 0.315. The van der Waals surface area contributed by atoms with Gasteiger partial charge in [0.05, 0.1) is 23.1 Å². The highest BCUT2D eigenvalue weighted by molar-refractivity contribution is 6.12. The van der Waals surface area contributed by atoms with Crippen LogP contribution in [0.2, 0.25) is 0 Å². The molecule has 0 radical (unpaired) electrons. The van der Waals surface area contributed by atoms with Gasteiger partial charge in [0, 0.05) is 41.3 Å². The molecule has 4 nitrogen and oxygen atoms in total. The van der Waals surface area contributed by atoms with Gasteiger partial charge in [0.2, 0.25) is 0 Å². The second kappa shape index (κ2) is 5.35. The first-order valence-corrected chi connectivity index (χ1v) is 10.6. The molecule has 8 rings (SSSR count).